The second kappa shape index (κ2) is 37.4. The molecule has 0 aliphatic heterocycles. The van der Waals surface area contributed by atoms with Gasteiger partial charge in [-0.2, -0.15) is 0 Å². The van der Waals surface area contributed by atoms with Gasteiger partial charge in [0.25, 0.3) is 0 Å². The smallest absolute Gasteiger partial charge is 0.120 e. The standard InChI is InChI=1S/C34H35BrO2.2C27H29BrO2/c35-22-8-3-9-23-36-30-17-14-28(15-18-30)34-32(27-12-6-2-7-13-27)20-16-29-24-31(19-21-33(29)34)37-25-26-10-4-1-5-11-26;2*28-17-5-2-6-18-30-24-13-9-21(10-14-24)27-25(20-7-3-1-4-8-20)15-11-22-19-23(29)12-16-26(22)27/h1-2,4-7,10-15,17-19,21,24,32,34H,3,8-9,16,20,22-23,25H2;2*1,3-4,7-10,12-14,16,19,25,27,29H,2,5-6,11,15,17-18H2/t32-,34+;2*25-,27+/m110/s1. The van der Waals surface area contributed by atoms with E-state index in [1.807, 2.05) is 30.3 Å². The largest absolute Gasteiger partial charge is 0.508 e. The minimum absolute atomic E-state index is 0.282. The van der Waals surface area contributed by atoms with E-state index in [0.717, 1.165) is 117 Å². The highest BCUT2D eigenvalue weighted by Gasteiger charge is 2.35. The average molecular weight is 1490 g/mol. The highest BCUT2D eigenvalue weighted by atomic mass is 79.9. The molecule has 6 atom stereocenters. The number of rotatable bonds is 27. The number of phenolic OH excluding ortho intramolecular Hbond substituents is 2. The molecule has 0 bridgehead atoms. The molecule has 0 amide bonds. The average Bonchev–Trinajstić information content (AvgIpc) is 0.787. The Bertz CT molecular complexity index is 3770. The number of fused-ring (bicyclic) bond motifs is 3. The topological polar surface area (TPSA) is 77.4 Å². The summed E-state index contributed by atoms with van der Waals surface area (Å²) < 4.78 is 24.1. The van der Waals surface area contributed by atoms with Crippen molar-refractivity contribution in [2.45, 2.75) is 138 Å². The minimum Gasteiger partial charge on any atom is -0.508 e. The molecule has 502 valence electrons. The van der Waals surface area contributed by atoms with Gasteiger partial charge in [-0.15, -0.1) is 0 Å². The Labute approximate surface area is 602 Å². The van der Waals surface area contributed by atoms with Crippen molar-refractivity contribution in [3.63, 3.8) is 0 Å². The summed E-state index contributed by atoms with van der Waals surface area (Å²) in [7, 11) is 0. The molecule has 0 spiro atoms. The summed E-state index contributed by atoms with van der Waals surface area (Å²) >= 11 is 10.4. The molecule has 0 fully saturated rings. The van der Waals surface area contributed by atoms with Crippen LogP contribution >= 0.6 is 47.8 Å². The third-order valence-electron chi connectivity index (χ3n) is 19.5. The highest BCUT2D eigenvalue weighted by molar-refractivity contribution is 9.09. The van der Waals surface area contributed by atoms with Gasteiger partial charge < -0.3 is 29.2 Å². The molecular formula is C88H93Br3O6. The monoisotopic (exact) mass is 1480 g/mol. The summed E-state index contributed by atoms with van der Waals surface area (Å²) in [5.74, 6) is 6.67. The van der Waals surface area contributed by atoms with Gasteiger partial charge >= 0.3 is 0 Å². The molecule has 3 aliphatic rings. The van der Waals surface area contributed by atoms with Crippen molar-refractivity contribution < 1.29 is 29.2 Å². The van der Waals surface area contributed by atoms with Gasteiger partial charge in [0.2, 0.25) is 0 Å². The Morgan fingerprint density at radius 2 is 0.598 bits per heavy atom. The summed E-state index contributed by atoms with van der Waals surface area (Å²) in [6.45, 7) is 2.90. The Balaban J connectivity index is 0.000000149. The van der Waals surface area contributed by atoms with Crippen molar-refractivity contribution in [1.29, 1.82) is 0 Å². The van der Waals surface area contributed by atoms with E-state index < -0.39 is 0 Å². The Morgan fingerprint density at radius 3 is 0.938 bits per heavy atom. The first-order chi connectivity index (χ1) is 47.8. The van der Waals surface area contributed by atoms with Crippen LogP contribution in [0.2, 0.25) is 0 Å². The van der Waals surface area contributed by atoms with Gasteiger partial charge in [0, 0.05) is 33.7 Å². The third-order valence-corrected chi connectivity index (χ3v) is 21.2. The molecular weight excluding hydrogens is 1390 g/mol. The lowest BCUT2D eigenvalue weighted by atomic mass is 9.69. The zero-order chi connectivity index (χ0) is 66.8. The summed E-state index contributed by atoms with van der Waals surface area (Å²) in [4.78, 5) is 0. The molecule has 0 saturated heterocycles. The molecule has 0 radical (unpaired) electrons. The molecule has 0 unspecified atom stereocenters. The maximum atomic E-state index is 9.98. The number of ether oxygens (including phenoxy) is 4. The fourth-order valence-corrected chi connectivity index (χ4v) is 15.8. The van der Waals surface area contributed by atoms with Crippen LogP contribution in [0.15, 0.2) is 249 Å². The van der Waals surface area contributed by atoms with E-state index in [0.29, 0.717) is 41.8 Å². The van der Waals surface area contributed by atoms with Crippen molar-refractivity contribution >= 4 is 47.8 Å². The van der Waals surface area contributed by atoms with E-state index >= 15 is 0 Å². The number of aryl methyl sites for hydroxylation is 3. The van der Waals surface area contributed by atoms with Crippen molar-refractivity contribution in [2.75, 3.05) is 35.8 Å². The second-order valence-electron chi connectivity index (χ2n) is 26.0. The van der Waals surface area contributed by atoms with Crippen LogP contribution in [0, 0.1) is 0 Å². The zero-order valence-electron chi connectivity index (χ0n) is 55.9. The van der Waals surface area contributed by atoms with Crippen LogP contribution in [0.5, 0.6) is 34.5 Å². The van der Waals surface area contributed by atoms with Crippen LogP contribution < -0.4 is 18.9 Å². The van der Waals surface area contributed by atoms with Crippen LogP contribution in [-0.2, 0) is 25.9 Å². The lowest BCUT2D eigenvalue weighted by Crippen LogP contribution is -2.20. The van der Waals surface area contributed by atoms with Crippen LogP contribution in [0.25, 0.3) is 0 Å². The second-order valence-corrected chi connectivity index (χ2v) is 28.4. The van der Waals surface area contributed by atoms with E-state index in [1.54, 1.807) is 0 Å². The third kappa shape index (κ3) is 19.9. The molecule has 10 aromatic carbocycles. The predicted molar refractivity (Wildman–Crippen MR) is 410 cm³/mol. The van der Waals surface area contributed by atoms with E-state index in [-0.39, 0.29) is 11.8 Å². The Hall–Kier alpha value is -7.56. The Morgan fingerprint density at radius 1 is 0.289 bits per heavy atom. The molecule has 97 heavy (non-hydrogen) atoms. The predicted octanol–water partition coefficient (Wildman–Crippen LogP) is 23.5. The van der Waals surface area contributed by atoms with Gasteiger partial charge in [0.05, 0.1) is 19.8 Å². The van der Waals surface area contributed by atoms with E-state index in [1.165, 1.54) is 111 Å². The number of halogens is 3. The molecule has 0 aromatic heterocycles. The number of alkyl halides is 3. The van der Waals surface area contributed by atoms with Crippen LogP contribution in [-0.4, -0.2) is 46.0 Å². The molecule has 0 saturated carbocycles. The fraction of sp³-hybridized carbons (Fsp3) is 0.318. The highest BCUT2D eigenvalue weighted by Crippen LogP contribution is 2.50. The fourth-order valence-electron chi connectivity index (χ4n) is 14.7. The zero-order valence-corrected chi connectivity index (χ0v) is 60.6. The minimum atomic E-state index is 0.282. The van der Waals surface area contributed by atoms with Crippen molar-refractivity contribution in [3.8, 4) is 34.5 Å². The quantitative estimate of drug-likeness (QED) is 0.0395. The number of phenols is 2. The van der Waals surface area contributed by atoms with Crippen molar-refractivity contribution in [3.05, 3.63) is 321 Å². The molecule has 6 nitrogen and oxygen atoms in total. The first kappa shape index (κ1) is 70.7. The number of aromatic hydroxyl groups is 2. The molecule has 2 N–H and O–H groups in total. The molecule has 3 aliphatic carbocycles. The van der Waals surface area contributed by atoms with E-state index in [2.05, 4.69) is 266 Å². The number of unbranched alkanes of at least 4 members (excludes halogenated alkanes) is 6. The number of hydrogen-bond acceptors (Lipinski definition) is 6. The van der Waals surface area contributed by atoms with Crippen LogP contribution in [0.1, 0.15) is 185 Å². The summed E-state index contributed by atoms with van der Waals surface area (Å²) in [6, 6.07) is 87.6. The summed E-state index contributed by atoms with van der Waals surface area (Å²) in [6.07, 6.45) is 16.8. The van der Waals surface area contributed by atoms with Gasteiger partial charge in [-0.25, -0.2) is 0 Å². The van der Waals surface area contributed by atoms with Crippen LogP contribution in [0.4, 0.5) is 0 Å². The SMILES string of the molecule is BrCCCCCOc1ccc([C@@H]2c3ccc(OCc4ccccc4)cc3CC[C@@H]2c2ccccc2)cc1.Oc1ccc2c(c1)CC[C@@H](c1ccccc1)[C@H]2c1ccc(OCCCCCBr)cc1.Oc1ccc2c(c1)CC[C@H](c1ccccc1)[C@@H]2c1ccc(OCCCCCBr)cc1. The van der Waals surface area contributed by atoms with Gasteiger partial charge in [0.15, 0.2) is 0 Å². The Kier molecular flexibility index (Phi) is 27.3. The van der Waals surface area contributed by atoms with E-state index in [9.17, 15) is 10.2 Å². The van der Waals surface area contributed by atoms with Gasteiger partial charge in [-0.3, -0.25) is 0 Å². The lowest BCUT2D eigenvalue weighted by molar-refractivity contribution is 0.305. The molecule has 9 heteroatoms. The summed E-state index contributed by atoms with van der Waals surface area (Å²) in [5, 5.41) is 23.1. The normalized spacial score (nSPS) is 17.5. The lowest BCUT2D eigenvalue weighted by Gasteiger charge is -2.35. The van der Waals surface area contributed by atoms with Crippen LogP contribution in [0.3, 0.4) is 0 Å². The number of benzene rings is 10. The first-order valence-corrected chi connectivity index (χ1v) is 38.6. The molecule has 13 rings (SSSR count). The molecule has 0 heterocycles. The number of hydrogen-bond donors (Lipinski definition) is 2. The van der Waals surface area contributed by atoms with Gasteiger partial charge in [0.1, 0.15) is 41.1 Å². The first-order valence-electron chi connectivity index (χ1n) is 35.3. The van der Waals surface area contributed by atoms with Crippen molar-refractivity contribution in [2.24, 2.45) is 0 Å². The summed E-state index contributed by atoms with van der Waals surface area (Å²) in [5.41, 5.74) is 17.3. The van der Waals surface area contributed by atoms with Gasteiger partial charge in [-0.1, -0.05) is 224 Å². The van der Waals surface area contributed by atoms with Crippen molar-refractivity contribution in [1.82, 2.24) is 0 Å². The maximum absolute atomic E-state index is 9.98. The van der Waals surface area contributed by atoms with E-state index in [4.69, 9.17) is 18.9 Å². The molecule has 10 aromatic rings. The van der Waals surface area contributed by atoms with Gasteiger partial charge in [-0.05, 0) is 259 Å². The maximum Gasteiger partial charge on any atom is 0.120 e.